The molecule has 2 atom stereocenters. The molecule has 2 aliphatic heterocycles. The lowest BCUT2D eigenvalue weighted by Gasteiger charge is -2.54. The summed E-state index contributed by atoms with van der Waals surface area (Å²) in [6.07, 6.45) is 3.07. The van der Waals surface area contributed by atoms with Crippen molar-refractivity contribution >= 4 is 5.91 Å². The number of methoxy groups -OCH3 is 1. The number of benzene rings is 1. The normalized spacial score (nSPS) is 25.8. The van der Waals surface area contributed by atoms with Crippen molar-refractivity contribution in [2.75, 3.05) is 26.7 Å². The second-order valence-corrected chi connectivity index (χ2v) is 7.44. The lowest BCUT2D eigenvalue weighted by Crippen LogP contribution is -2.66. The largest absolute Gasteiger partial charge is 0.378 e. The Labute approximate surface area is 145 Å². The molecule has 3 rings (SSSR count). The number of carbonyl (C=O) groups is 1. The van der Waals surface area contributed by atoms with Gasteiger partial charge in [-0.1, -0.05) is 30.3 Å². The Kier molecular flexibility index (Phi) is 5.57. The minimum Gasteiger partial charge on any atom is -0.378 e. The predicted octanol–water partition coefficient (Wildman–Crippen LogP) is 2.58. The molecule has 0 bridgehead atoms. The number of amides is 1. The van der Waals surface area contributed by atoms with Gasteiger partial charge < -0.3 is 9.64 Å². The number of piperidine rings is 1. The van der Waals surface area contributed by atoms with E-state index in [0.717, 1.165) is 38.0 Å². The highest BCUT2D eigenvalue weighted by Crippen LogP contribution is 2.35. The van der Waals surface area contributed by atoms with Crippen LogP contribution >= 0.6 is 0 Å². The van der Waals surface area contributed by atoms with E-state index in [-0.39, 0.29) is 5.91 Å². The minimum absolute atomic E-state index is 0.261. The van der Waals surface area contributed by atoms with Gasteiger partial charge in [0.2, 0.25) is 5.91 Å². The van der Waals surface area contributed by atoms with Crippen molar-refractivity contribution in [3.05, 3.63) is 35.9 Å². The number of rotatable bonds is 5. The van der Waals surface area contributed by atoms with Crippen LogP contribution in [0.15, 0.2) is 30.3 Å². The zero-order chi connectivity index (χ0) is 17.1. The molecule has 0 radical (unpaired) electrons. The average molecular weight is 330 g/mol. The summed E-state index contributed by atoms with van der Waals surface area (Å²) in [6, 6.07) is 11.1. The summed E-state index contributed by atoms with van der Waals surface area (Å²) < 4.78 is 5.66. The van der Waals surface area contributed by atoms with Gasteiger partial charge in [0.1, 0.15) is 0 Å². The zero-order valence-corrected chi connectivity index (χ0v) is 15.1. The number of hydrogen-bond donors (Lipinski definition) is 0. The first-order valence-corrected chi connectivity index (χ1v) is 9.20. The Balaban J connectivity index is 1.52. The van der Waals surface area contributed by atoms with Gasteiger partial charge >= 0.3 is 0 Å². The number of nitrogens with zero attached hydrogens (tertiary/aromatic N) is 2. The van der Waals surface area contributed by atoms with E-state index >= 15 is 0 Å². The van der Waals surface area contributed by atoms with Crippen LogP contribution in [0, 0.1) is 5.92 Å². The molecule has 4 heteroatoms. The van der Waals surface area contributed by atoms with E-state index in [9.17, 15) is 4.79 Å². The monoisotopic (exact) mass is 330 g/mol. The Morgan fingerprint density at radius 1 is 1.21 bits per heavy atom. The standard InChI is InChI=1S/C20H30N2O2/c1-15(2)22-14-18(24-3)20(22)17-9-11-21(12-10-17)19(23)13-16-7-5-4-6-8-16/h4-8,15,17-18,20H,9-14H2,1-3H3/t18-,20-/m0/s1. The molecule has 1 aromatic rings. The topological polar surface area (TPSA) is 32.8 Å². The van der Waals surface area contributed by atoms with Crippen molar-refractivity contribution in [1.82, 2.24) is 9.80 Å². The molecule has 4 nitrogen and oxygen atoms in total. The smallest absolute Gasteiger partial charge is 0.226 e. The van der Waals surface area contributed by atoms with Crippen molar-refractivity contribution in [3.63, 3.8) is 0 Å². The average Bonchev–Trinajstić information content (AvgIpc) is 2.55. The highest BCUT2D eigenvalue weighted by atomic mass is 16.5. The first kappa shape index (κ1) is 17.4. The number of ether oxygens (including phenoxy) is 1. The summed E-state index contributed by atoms with van der Waals surface area (Å²) in [5.74, 6) is 0.907. The molecule has 2 heterocycles. The maximum Gasteiger partial charge on any atom is 0.226 e. The molecule has 0 spiro atoms. The first-order valence-electron chi connectivity index (χ1n) is 9.20. The van der Waals surface area contributed by atoms with E-state index in [2.05, 4.69) is 18.7 Å². The van der Waals surface area contributed by atoms with Crippen molar-refractivity contribution in [2.45, 2.75) is 51.3 Å². The van der Waals surface area contributed by atoms with E-state index < -0.39 is 0 Å². The quantitative estimate of drug-likeness (QED) is 0.832. The SMILES string of the molecule is CO[C@H]1CN(C(C)C)[C@H]1C1CCN(C(=O)Cc2ccccc2)CC1. The molecule has 0 saturated carbocycles. The van der Waals surface area contributed by atoms with Crippen LogP contribution in [0.5, 0.6) is 0 Å². The van der Waals surface area contributed by atoms with Crippen LogP contribution in [0.3, 0.4) is 0 Å². The number of carbonyl (C=O) groups excluding carboxylic acids is 1. The summed E-state index contributed by atoms with van der Waals surface area (Å²) >= 11 is 0. The minimum atomic E-state index is 0.261. The third-order valence-electron chi connectivity index (χ3n) is 5.69. The van der Waals surface area contributed by atoms with Crippen molar-refractivity contribution in [1.29, 1.82) is 0 Å². The number of likely N-dealkylation sites (tertiary alicyclic amines) is 2. The zero-order valence-electron chi connectivity index (χ0n) is 15.1. The summed E-state index contributed by atoms with van der Waals surface area (Å²) in [7, 11) is 1.83. The van der Waals surface area contributed by atoms with Crippen LogP contribution in [0.25, 0.3) is 0 Å². The second kappa shape index (κ2) is 7.66. The summed E-state index contributed by atoms with van der Waals surface area (Å²) in [5.41, 5.74) is 1.11. The van der Waals surface area contributed by atoms with Gasteiger partial charge in [-0.05, 0) is 38.2 Å². The van der Waals surface area contributed by atoms with Gasteiger partial charge in [-0.25, -0.2) is 0 Å². The molecule has 2 saturated heterocycles. The van der Waals surface area contributed by atoms with Gasteiger partial charge in [-0.15, -0.1) is 0 Å². The molecule has 2 aliphatic rings. The van der Waals surface area contributed by atoms with Crippen molar-refractivity contribution in [3.8, 4) is 0 Å². The van der Waals surface area contributed by atoms with Gasteiger partial charge in [0.25, 0.3) is 0 Å². The third kappa shape index (κ3) is 3.65. The maximum atomic E-state index is 12.5. The van der Waals surface area contributed by atoms with Gasteiger partial charge in [-0.3, -0.25) is 9.69 Å². The van der Waals surface area contributed by atoms with E-state index in [4.69, 9.17) is 4.74 Å². The molecule has 1 aromatic carbocycles. The number of hydrogen-bond acceptors (Lipinski definition) is 3. The van der Waals surface area contributed by atoms with E-state index in [0.29, 0.717) is 30.5 Å². The van der Waals surface area contributed by atoms with Crippen LogP contribution in [0.4, 0.5) is 0 Å². The fourth-order valence-electron chi connectivity index (χ4n) is 4.23. The Morgan fingerprint density at radius 2 is 1.88 bits per heavy atom. The van der Waals surface area contributed by atoms with Crippen LogP contribution in [-0.2, 0) is 16.0 Å². The third-order valence-corrected chi connectivity index (χ3v) is 5.69. The van der Waals surface area contributed by atoms with Crippen molar-refractivity contribution in [2.24, 2.45) is 5.92 Å². The van der Waals surface area contributed by atoms with E-state index in [1.807, 2.05) is 42.3 Å². The van der Waals surface area contributed by atoms with Crippen LogP contribution in [-0.4, -0.2) is 60.6 Å². The molecule has 132 valence electrons. The predicted molar refractivity (Wildman–Crippen MR) is 95.9 cm³/mol. The molecule has 1 amide bonds. The lowest BCUT2D eigenvalue weighted by atomic mass is 9.79. The summed E-state index contributed by atoms with van der Waals surface area (Å²) in [6.45, 7) is 7.34. The van der Waals surface area contributed by atoms with Gasteiger partial charge in [0.15, 0.2) is 0 Å². The second-order valence-electron chi connectivity index (χ2n) is 7.44. The fraction of sp³-hybridized carbons (Fsp3) is 0.650. The maximum absolute atomic E-state index is 12.5. The molecule has 0 N–H and O–H groups in total. The highest BCUT2D eigenvalue weighted by molar-refractivity contribution is 5.78. The van der Waals surface area contributed by atoms with Gasteiger partial charge in [-0.2, -0.15) is 0 Å². The summed E-state index contributed by atoms with van der Waals surface area (Å²) in [5, 5.41) is 0. The highest BCUT2D eigenvalue weighted by Gasteiger charge is 2.45. The Hall–Kier alpha value is -1.39. The van der Waals surface area contributed by atoms with Gasteiger partial charge in [0.05, 0.1) is 12.5 Å². The van der Waals surface area contributed by atoms with Crippen LogP contribution in [0.1, 0.15) is 32.3 Å². The van der Waals surface area contributed by atoms with Gasteiger partial charge in [0, 0.05) is 38.8 Å². The Morgan fingerprint density at radius 3 is 2.46 bits per heavy atom. The molecular weight excluding hydrogens is 300 g/mol. The lowest BCUT2D eigenvalue weighted by molar-refractivity contribution is -0.140. The molecular formula is C20H30N2O2. The van der Waals surface area contributed by atoms with Crippen LogP contribution < -0.4 is 0 Å². The van der Waals surface area contributed by atoms with E-state index in [1.54, 1.807) is 0 Å². The molecule has 0 unspecified atom stereocenters. The Bertz CT molecular complexity index is 538. The molecule has 0 aliphatic carbocycles. The first-order chi connectivity index (χ1) is 11.6. The molecule has 0 aromatic heterocycles. The fourth-order valence-corrected chi connectivity index (χ4v) is 4.23. The molecule has 2 fully saturated rings. The van der Waals surface area contributed by atoms with E-state index in [1.165, 1.54) is 0 Å². The van der Waals surface area contributed by atoms with Crippen LogP contribution in [0.2, 0.25) is 0 Å². The van der Waals surface area contributed by atoms with Crippen molar-refractivity contribution < 1.29 is 9.53 Å². The summed E-state index contributed by atoms with van der Waals surface area (Å²) in [4.78, 5) is 17.1. The molecule has 24 heavy (non-hydrogen) atoms.